The Balaban J connectivity index is 2.12. The van der Waals surface area contributed by atoms with E-state index in [-0.39, 0.29) is 5.56 Å². The zero-order valence-corrected chi connectivity index (χ0v) is 13.5. The molecule has 0 aliphatic rings. The molecule has 23 heavy (non-hydrogen) atoms. The third-order valence-electron chi connectivity index (χ3n) is 3.70. The van der Waals surface area contributed by atoms with Crippen LogP contribution in [0.1, 0.15) is 11.1 Å². The van der Waals surface area contributed by atoms with Gasteiger partial charge in [-0.25, -0.2) is 4.39 Å². The van der Waals surface area contributed by atoms with Gasteiger partial charge in [-0.1, -0.05) is 12.1 Å². The molecule has 0 heterocycles. The van der Waals surface area contributed by atoms with E-state index in [0.717, 1.165) is 12.0 Å². The van der Waals surface area contributed by atoms with Gasteiger partial charge >= 0.3 is 0 Å². The second-order valence-corrected chi connectivity index (χ2v) is 5.11. The van der Waals surface area contributed by atoms with Gasteiger partial charge in [0.1, 0.15) is 17.4 Å². The van der Waals surface area contributed by atoms with Gasteiger partial charge in [-0.3, -0.25) is 0 Å². The summed E-state index contributed by atoms with van der Waals surface area (Å²) in [4.78, 5) is 1.87. The standard InChI is InChI=1S/C18H19FN2O2/c1-21(16-6-4-5-15(19)14(16)12-20)10-9-13-7-8-17(22-2)18(11-13)23-3/h4-8,11H,9-10H2,1-3H3. The lowest BCUT2D eigenvalue weighted by atomic mass is 10.1. The fraction of sp³-hybridized carbons (Fsp3) is 0.278. The topological polar surface area (TPSA) is 45.5 Å². The quantitative estimate of drug-likeness (QED) is 0.820. The second kappa shape index (κ2) is 7.50. The molecular formula is C18H19FN2O2. The number of methoxy groups -OCH3 is 2. The van der Waals surface area contributed by atoms with Gasteiger partial charge in [0.2, 0.25) is 0 Å². The van der Waals surface area contributed by atoms with E-state index in [4.69, 9.17) is 14.7 Å². The van der Waals surface area contributed by atoms with E-state index in [1.54, 1.807) is 26.4 Å². The van der Waals surface area contributed by atoms with Crippen molar-refractivity contribution in [2.24, 2.45) is 0 Å². The Morgan fingerprint density at radius 3 is 2.52 bits per heavy atom. The summed E-state index contributed by atoms with van der Waals surface area (Å²) in [6, 6.07) is 12.3. The molecule has 0 N–H and O–H groups in total. The van der Waals surface area contributed by atoms with Gasteiger partial charge in [-0.15, -0.1) is 0 Å². The lowest BCUT2D eigenvalue weighted by molar-refractivity contribution is 0.354. The molecule has 4 nitrogen and oxygen atoms in total. The first-order valence-corrected chi connectivity index (χ1v) is 7.21. The van der Waals surface area contributed by atoms with Crippen LogP contribution in [0.2, 0.25) is 0 Å². The molecule has 5 heteroatoms. The van der Waals surface area contributed by atoms with Gasteiger partial charge in [0.05, 0.1) is 19.9 Å². The molecule has 0 atom stereocenters. The number of rotatable bonds is 6. The van der Waals surface area contributed by atoms with E-state index in [1.165, 1.54) is 6.07 Å². The summed E-state index contributed by atoms with van der Waals surface area (Å²) in [5, 5.41) is 9.11. The molecule has 0 aliphatic heterocycles. The summed E-state index contributed by atoms with van der Waals surface area (Å²) in [6.07, 6.45) is 0.734. The van der Waals surface area contributed by atoms with Gasteiger partial charge < -0.3 is 14.4 Å². The Hall–Kier alpha value is -2.74. The molecule has 120 valence electrons. The summed E-state index contributed by atoms with van der Waals surface area (Å²) in [7, 11) is 5.04. The van der Waals surface area contributed by atoms with E-state index < -0.39 is 5.82 Å². The van der Waals surface area contributed by atoms with Crippen molar-refractivity contribution in [1.82, 2.24) is 0 Å². The van der Waals surface area contributed by atoms with Crippen LogP contribution < -0.4 is 14.4 Å². The van der Waals surface area contributed by atoms with Crippen LogP contribution in [0.5, 0.6) is 11.5 Å². The van der Waals surface area contributed by atoms with Crippen LogP contribution in [0.15, 0.2) is 36.4 Å². The molecule has 0 bridgehead atoms. The molecule has 0 amide bonds. The van der Waals surface area contributed by atoms with Crippen molar-refractivity contribution in [3.8, 4) is 17.6 Å². The van der Waals surface area contributed by atoms with Crippen LogP contribution in [0.3, 0.4) is 0 Å². The lowest BCUT2D eigenvalue weighted by Gasteiger charge is -2.21. The Labute approximate surface area is 135 Å². The molecule has 0 saturated carbocycles. The number of halogens is 1. The van der Waals surface area contributed by atoms with Crippen molar-refractivity contribution in [1.29, 1.82) is 5.26 Å². The van der Waals surface area contributed by atoms with Gasteiger partial charge in [0, 0.05) is 13.6 Å². The highest BCUT2D eigenvalue weighted by atomic mass is 19.1. The van der Waals surface area contributed by atoms with Crippen LogP contribution in [0, 0.1) is 17.1 Å². The minimum atomic E-state index is -0.497. The number of likely N-dealkylation sites (N-methyl/N-ethyl adjacent to an activating group) is 1. The number of hydrogen-bond donors (Lipinski definition) is 0. The van der Waals surface area contributed by atoms with Gasteiger partial charge in [0.25, 0.3) is 0 Å². The number of benzene rings is 2. The van der Waals surface area contributed by atoms with Crippen molar-refractivity contribution in [3.05, 3.63) is 53.3 Å². The highest BCUT2D eigenvalue weighted by Gasteiger charge is 2.12. The highest BCUT2D eigenvalue weighted by molar-refractivity contribution is 5.59. The second-order valence-electron chi connectivity index (χ2n) is 5.11. The van der Waals surface area contributed by atoms with Gasteiger partial charge in [-0.05, 0) is 36.2 Å². The van der Waals surface area contributed by atoms with Crippen LogP contribution in [0.25, 0.3) is 0 Å². The number of hydrogen-bond acceptors (Lipinski definition) is 4. The number of ether oxygens (including phenoxy) is 2. The summed E-state index contributed by atoms with van der Waals surface area (Å²) in [5.74, 6) is 0.862. The van der Waals surface area contributed by atoms with E-state index in [1.807, 2.05) is 36.2 Å². The van der Waals surface area contributed by atoms with E-state index in [9.17, 15) is 4.39 Å². The molecule has 0 unspecified atom stereocenters. The Kier molecular flexibility index (Phi) is 5.42. The molecule has 0 spiro atoms. The average Bonchev–Trinajstić information content (AvgIpc) is 2.59. The fourth-order valence-corrected chi connectivity index (χ4v) is 2.39. The number of nitriles is 1. The number of anilines is 1. The van der Waals surface area contributed by atoms with Crippen molar-refractivity contribution < 1.29 is 13.9 Å². The summed E-state index contributed by atoms with van der Waals surface area (Å²) in [6.45, 7) is 0.646. The van der Waals surface area contributed by atoms with Crippen LogP contribution >= 0.6 is 0 Å². The van der Waals surface area contributed by atoms with Crippen molar-refractivity contribution in [2.75, 3.05) is 32.7 Å². The first-order valence-electron chi connectivity index (χ1n) is 7.21. The Bertz CT molecular complexity index is 725. The zero-order chi connectivity index (χ0) is 16.8. The maximum absolute atomic E-state index is 13.7. The lowest BCUT2D eigenvalue weighted by Crippen LogP contribution is -2.21. The van der Waals surface area contributed by atoms with Crippen molar-refractivity contribution in [2.45, 2.75) is 6.42 Å². The monoisotopic (exact) mass is 314 g/mol. The van der Waals surface area contributed by atoms with Gasteiger partial charge in [-0.2, -0.15) is 5.26 Å². The van der Waals surface area contributed by atoms with Crippen molar-refractivity contribution >= 4 is 5.69 Å². The minimum Gasteiger partial charge on any atom is -0.493 e. The van der Waals surface area contributed by atoms with Gasteiger partial charge in [0.15, 0.2) is 11.5 Å². The maximum atomic E-state index is 13.7. The third-order valence-corrected chi connectivity index (χ3v) is 3.70. The summed E-state index contributed by atoms with van der Waals surface area (Å²) >= 11 is 0. The normalized spacial score (nSPS) is 10.0. The molecule has 0 saturated heterocycles. The molecule has 0 aliphatic carbocycles. The van der Waals surface area contributed by atoms with Crippen LogP contribution in [-0.2, 0) is 6.42 Å². The molecule has 2 aromatic rings. The fourth-order valence-electron chi connectivity index (χ4n) is 2.39. The predicted octanol–water partition coefficient (Wildman–Crippen LogP) is 3.39. The third kappa shape index (κ3) is 3.72. The van der Waals surface area contributed by atoms with E-state index >= 15 is 0 Å². The molecule has 0 fully saturated rings. The zero-order valence-electron chi connectivity index (χ0n) is 13.5. The molecule has 0 aromatic heterocycles. The van der Waals surface area contributed by atoms with Crippen LogP contribution in [-0.4, -0.2) is 27.8 Å². The molecule has 2 rings (SSSR count). The summed E-state index contributed by atoms with van der Waals surface area (Å²) in [5.41, 5.74) is 1.74. The first-order chi connectivity index (χ1) is 11.1. The highest BCUT2D eigenvalue weighted by Crippen LogP contribution is 2.28. The SMILES string of the molecule is COc1ccc(CCN(C)c2cccc(F)c2C#N)cc1OC. The Morgan fingerprint density at radius 1 is 1.13 bits per heavy atom. The molecular weight excluding hydrogens is 295 g/mol. The Morgan fingerprint density at radius 2 is 1.87 bits per heavy atom. The summed E-state index contributed by atoms with van der Waals surface area (Å²) < 4.78 is 24.2. The smallest absolute Gasteiger partial charge is 0.160 e. The average molecular weight is 314 g/mol. The van der Waals surface area contributed by atoms with Crippen molar-refractivity contribution in [3.63, 3.8) is 0 Å². The van der Waals surface area contributed by atoms with Crippen LogP contribution in [0.4, 0.5) is 10.1 Å². The predicted molar refractivity (Wildman–Crippen MR) is 87.6 cm³/mol. The largest absolute Gasteiger partial charge is 0.493 e. The first kappa shape index (κ1) is 16.6. The van der Waals surface area contributed by atoms with E-state index in [0.29, 0.717) is 23.7 Å². The number of nitrogens with zero attached hydrogens (tertiary/aromatic N) is 2. The maximum Gasteiger partial charge on any atom is 0.160 e. The minimum absolute atomic E-state index is 0.0716. The van der Waals surface area contributed by atoms with E-state index in [2.05, 4.69) is 0 Å². The molecule has 0 radical (unpaired) electrons. The molecule has 2 aromatic carbocycles.